The molecule has 1 aromatic carbocycles. The van der Waals surface area contributed by atoms with E-state index < -0.39 is 0 Å². The van der Waals surface area contributed by atoms with E-state index in [1.165, 1.54) is 12.1 Å². The topological polar surface area (TPSA) is 0 Å². The van der Waals surface area contributed by atoms with Crippen molar-refractivity contribution in [3.8, 4) is 0 Å². The van der Waals surface area contributed by atoms with Crippen molar-refractivity contribution in [2.75, 3.05) is 0 Å². The molecule has 0 aliphatic heterocycles. The molecule has 0 heterocycles. The van der Waals surface area contributed by atoms with Crippen molar-refractivity contribution in [1.82, 2.24) is 0 Å². The van der Waals surface area contributed by atoms with E-state index in [0.717, 1.165) is 5.56 Å². The predicted molar refractivity (Wildman–Crippen MR) is 30.0 cm³/mol. The summed E-state index contributed by atoms with van der Waals surface area (Å²) < 4.78 is 12.1. The first-order valence-corrected chi connectivity index (χ1v) is 2.43. The van der Waals surface area contributed by atoms with E-state index in [1.807, 2.05) is 6.92 Å². The van der Waals surface area contributed by atoms with Gasteiger partial charge in [0.05, 0.1) is 0 Å². The lowest BCUT2D eigenvalue weighted by molar-refractivity contribution is 0.627. The minimum absolute atomic E-state index is 0.226. The molecule has 8 heavy (non-hydrogen) atoms. The highest BCUT2D eigenvalue weighted by molar-refractivity contribution is 5.11. The van der Waals surface area contributed by atoms with Crippen molar-refractivity contribution >= 4 is 0 Å². The normalized spacial score (nSPS) is 9.25. The smallest absolute Gasteiger partial charge is 0.123 e. The first kappa shape index (κ1) is 5.29. The number of benzene rings is 1. The highest BCUT2D eigenvalue weighted by Gasteiger charge is 1.84. The van der Waals surface area contributed by atoms with Crippen molar-refractivity contribution in [2.24, 2.45) is 0 Å². The molecule has 0 saturated heterocycles. The minimum atomic E-state index is -0.226. The molecule has 1 rings (SSSR count). The third-order valence-electron chi connectivity index (χ3n) is 0.930. The lowest BCUT2D eigenvalue weighted by atomic mass is 10.2. The van der Waals surface area contributed by atoms with Crippen LogP contribution in [0, 0.1) is 18.8 Å². The molecule has 0 aliphatic rings. The quantitative estimate of drug-likeness (QED) is 0.477. The summed E-state index contributed by atoms with van der Waals surface area (Å²) in [5, 5.41) is 0. The van der Waals surface area contributed by atoms with Gasteiger partial charge >= 0.3 is 0 Å². The van der Waals surface area contributed by atoms with Crippen LogP contribution in [0.4, 0.5) is 4.39 Å². The van der Waals surface area contributed by atoms with Gasteiger partial charge in [-0.1, -0.05) is 6.07 Å². The SMILES string of the molecule is Cc1[c]cc(F)cc1. The van der Waals surface area contributed by atoms with Crippen molar-refractivity contribution in [3.05, 3.63) is 35.6 Å². The van der Waals surface area contributed by atoms with E-state index in [0.29, 0.717) is 0 Å². The van der Waals surface area contributed by atoms with Gasteiger partial charge in [0.1, 0.15) is 5.82 Å². The van der Waals surface area contributed by atoms with Crippen LogP contribution in [0.25, 0.3) is 0 Å². The molecule has 41 valence electrons. The van der Waals surface area contributed by atoms with Crippen LogP contribution in [-0.4, -0.2) is 0 Å². The Morgan fingerprint density at radius 2 is 2.25 bits per heavy atom. The molecule has 0 spiro atoms. The lowest BCUT2D eigenvalue weighted by Gasteiger charge is -1.86. The van der Waals surface area contributed by atoms with Crippen molar-refractivity contribution < 1.29 is 4.39 Å². The van der Waals surface area contributed by atoms with Crippen molar-refractivity contribution in [3.63, 3.8) is 0 Å². The Labute approximate surface area is 48.0 Å². The molecule has 0 aromatic heterocycles. The molecule has 0 N–H and O–H groups in total. The van der Waals surface area contributed by atoms with Gasteiger partial charge in [-0.05, 0) is 30.7 Å². The van der Waals surface area contributed by atoms with Crippen molar-refractivity contribution in [1.29, 1.82) is 0 Å². The zero-order chi connectivity index (χ0) is 5.98. The fraction of sp³-hybridized carbons (Fsp3) is 0.143. The largest absolute Gasteiger partial charge is 0.207 e. The molecule has 0 aliphatic carbocycles. The van der Waals surface area contributed by atoms with Crippen LogP contribution in [-0.2, 0) is 0 Å². The number of halogens is 1. The summed E-state index contributed by atoms with van der Waals surface area (Å²) in [5.41, 5.74) is 0.964. The molecule has 1 radical (unpaired) electrons. The van der Waals surface area contributed by atoms with Crippen LogP contribution in [0.15, 0.2) is 18.2 Å². The summed E-state index contributed by atoms with van der Waals surface area (Å²) in [6.45, 7) is 1.87. The number of aryl methyl sites for hydroxylation is 1. The summed E-state index contributed by atoms with van der Waals surface area (Å²) in [6, 6.07) is 7.17. The van der Waals surface area contributed by atoms with Gasteiger partial charge in [-0.2, -0.15) is 0 Å². The molecule has 0 unspecified atom stereocenters. The molecule has 0 saturated carbocycles. The zero-order valence-electron chi connectivity index (χ0n) is 4.61. The predicted octanol–water partition coefficient (Wildman–Crippen LogP) is 1.93. The monoisotopic (exact) mass is 109 g/mol. The van der Waals surface area contributed by atoms with Crippen LogP contribution in [0.1, 0.15) is 5.56 Å². The fourth-order valence-electron chi connectivity index (χ4n) is 0.484. The van der Waals surface area contributed by atoms with Gasteiger partial charge < -0.3 is 0 Å². The van der Waals surface area contributed by atoms with Crippen LogP contribution in [0.2, 0.25) is 0 Å². The highest BCUT2D eigenvalue weighted by atomic mass is 19.1. The molecule has 0 bridgehead atoms. The number of rotatable bonds is 0. The fourth-order valence-corrected chi connectivity index (χ4v) is 0.484. The van der Waals surface area contributed by atoms with Crippen molar-refractivity contribution in [2.45, 2.75) is 6.92 Å². The number of hydrogen-bond donors (Lipinski definition) is 0. The maximum Gasteiger partial charge on any atom is 0.123 e. The van der Waals surface area contributed by atoms with Gasteiger partial charge in [0.15, 0.2) is 0 Å². The van der Waals surface area contributed by atoms with E-state index in [1.54, 1.807) is 6.07 Å². The second-order valence-corrected chi connectivity index (χ2v) is 1.69. The molecular formula is C7H6F. The van der Waals surface area contributed by atoms with Gasteiger partial charge in [-0.3, -0.25) is 0 Å². The molecule has 0 atom stereocenters. The van der Waals surface area contributed by atoms with Gasteiger partial charge in [0, 0.05) is 0 Å². The third-order valence-corrected chi connectivity index (χ3v) is 0.930. The lowest BCUT2D eigenvalue weighted by Crippen LogP contribution is -1.72. The molecule has 1 aromatic rings. The van der Waals surface area contributed by atoms with E-state index in [9.17, 15) is 4.39 Å². The van der Waals surface area contributed by atoms with Crippen LogP contribution in [0.5, 0.6) is 0 Å². The van der Waals surface area contributed by atoms with Gasteiger partial charge in [-0.15, -0.1) is 0 Å². The van der Waals surface area contributed by atoms with Crippen LogP contribution >= 0.6 is 0 Å². The minimum Gasteiger partial charge on any atom is -0.207 e. The summed E-state index contributed by atoms with van der Waals surface area (Å²) in [7, 11) is 0. The summed E-state index contributed by atoms with van der Waals surface area (Å²) in [6.07, 6.45) is 0. The third kappa shape index (κ3) is 1.06. The van der Waals surface area contributed by atoms with Crippen LogP contribution in [0.3, 0.4) is 0 Å². The van der Waals surface area contributed by atoms with Crippen LogP contribution < -0.4 is 0 Å². The average Bonchev–Trinajstić information content (AvgIpc) is 1.77. The maximum atomic E-state index is 12.1. The summed E-state index contributed by atoms with van der Waals surface area (Å²) >= 11 is 0. The van der Waals surface area contributed by atoms with E-state index in [-0.39, 0.29) is 5.82 Å². The van der Waals surface area contributed by atoms with E-state index >= 15 is 0 Å². The Morgan fingerprint density at radius 3 is 2.62 bits per heavy atom. The molecule has 1 heteroatoms. The molecule has 0 nitrogen and oxygen atoms in total. The Balaban J connectivity index is 3.03. The average molecular weight is 109 g/mol. The molecular weight excluding hydrogens is 103 g/mol. The number of hydrogen-bond acceptors (Lipinski definition) is 0. The second-order valence-electron chi connectivity index (χ2n) is 1.69. The molecule has 0 fully saturated rings. The first-order chi connectivity index (χ1) is 3.79. The second kappa shape index (κ2) is 1.95. The van der Waals surface area contributed by atoms with Gasteiger partial charge in [0.25, 0.3) is 0 Å². The van der Waals surface area contributed by atoms with Gasteiger partial charge in [-0.25, -0.2) is 4.39 Å². The van der Waals surface area contributed by atoms with E-state index in [2.05, 4.69) is 6.07 Å². The Bertz CT molecular complexity index is 143. The van der Waals surface area contributed by atoms with Gasteiger partial charge in [0.2, 0.25) is 0 Å². The Morgan fingerprint density at radius 1 is 1.50 bits per heavy atom. The first-order valence-electron chi connectivity index (χ1n) is 2.43. The molecule has 0 amide bonds. The zero-order valence-corrected chi connectivity index (χ0v) is 4.61. The Kier molecular flexibility index (Phi) is 1.29. The Hall–Kier alpha value is -0.850. The van der Waals surface area contributed by atoms with E-state index in [4.69, 9.17) is 0 Å². The standard InChI is InChI=1S/C7H6F/c1-6-2-4-7(8)5-3-6/h2,4-5H,1H3. The summed E-state index contributed by atoms with van der Waals surface area (Å²) in [5.74, 6) is -0.226. The highest BCUT2D eigenvalue weighted by Crippen LogP contribution is 1.97. The summed E-state index contributed by atoms with van der Waals surface area (Å²) in [4.78, 5) is 0. The maximum absolute atomic E-state index is 12.1.